The lowest BCUT2D eigenvalue weighted by Crippen LogP contribution is -2.58. The molecule has 3 aromatic rings. The van der Waals surface area contributed by atoms with E-state index in [2.05, 4.69) is 48.6 Å². The molecular formula is C26H28ClN3O2S. The molecule has 1 N–H and O–H groups in total. The van der Waals surface area contributed by atoms with Crippen LogP contribution in [0.3, 0.4) is 0 Å². The van der Waals surface area contributed by atoms with E-state index in [0.29, 0.717) is 30.2 Å². The number of carbonyl (C=O) groups is 2. The number of nitrogens with zero attached hydrogens (tertiary/aromatic N) is 2. The van der Waals surface area contributed by atoms with Crippen molar-refractivity contribution in [3.05, 3.63) is 64.3 Å². The second-order valence-electron chi connectivity index (χ2n) is 9.24. The fourth-order valence-corrected chi connectivity index (χ4v) is 5.13. The molecule has 1 aliphatic heterocycles. The number of amides is 1. The lowest BCUT2D eigenvalue weighted by atomic mass is 9.90. The molecule has 1 atom stereocenters. The minimum Gasteiger partial charge on any atom is -0.340 e. The summed E-state index contributed by atoms with van der Waals surface area (Å²) in [5.41, 5.74) is 4.44. The molecule has 1 unspecified atom stereocenters. The van der Waals surface area contributed by atoms with Gasteiger partial charge in [-0.2, -0.15) is 0 Å². The van der Waals surface area contributed by atoms with E-state index in [1.165, 1.54) is 0 Å². The summed E-state index contributed by atoms with van der Waals surface area (Å²) in [4.78, 5) is 32.9. The van der Waals surface area contributed by atoms with Gasteiger partial charge in [-0.1, -0.05) is 44.5 Å². The zero-order valence-electron chi connectivity index (χ0n) is 19.3. The maximum Gasteiger partial charge on any atom is 0.247 e. The number of piperazine rings is 1. The fraction of sp³-hybridized carbons (Fsp3) is 0.346. The number of Topliss-reactive ketones (excluding diaryl/α,β-unsaturated/α-hetero) is 1. The standard InChI is InChI=1S/C26H28ClN3O2S/c1-5-30-11-10-29-23(25(30)32)24(31)17-6-7-19(20(27)12-17)18-13-21(33-15-18)16-8-9-28-22(14-16)26(2,3)4/h6-9,12-15,23,29H,5,10-11H2,1-4H3. The van der Waals surface area contributed by atoms with Crippen molar-refractivity contribution in [1.82, 2.24) is 15.2 Å². The van der Waals surface area contributed by atoms with Gasteiger partial charge in [0.2, 0.25) is 5.91 Å². The average molecular weight is 482 g/mol. The van der Waals surface area contributed by atoms with E-state index in [4.69, 9.17) is 11.6 Å². The van der Waals surface area contributed by atoms with Gasteiger partial charge < -0.3 is 4.90 Å². The number of pyridine rings is 1. The van der Waals surface area contributed by atoms with Gasteiger partial charge in [-0.05, 0) is 47.7 Å². The van der Waals surface area contributed by atoms with Crippen molar-refractivity contribution in [1.29, 1.82) is 0 Å². The number of carbonyl (C=O) groups excluding carboxylic acids is 2. The number of ketones is 1. The zero-order chi connectivity index (χ0) is 23.8. The average Bonchev–Trinajstić information content (AvgIpc) is 3.28. The smallest absolute Gasteiger partial charge is 0.247 e. The van der Waals surface area contributed by atoms with Gasteiger partial charge in [0.25, 0.3) is 0 Å². The number of rotatable bonds is 5. The molecule has 172 valence electrons. The summed E-state index contributed by atoms with van der Waals surface area (Å²) in [7, 11) is 0. The van der Waals surface area contributed by atoms with Crippen LogP contribution in [0, 0.1) is 0 Å². The predicted molar refractivity (Wildman–Crippen MR) is 135 cm³/mol. The van der Waals surface area contributed by atoms with Crippen LogP contribution in [0.5, 0.6) is 0 Å². The first-order valence-electron chi connectivity index (χ1n) is 11.1. The predicted octanol–water partition coefficient (Wildman–Crippen LogP) is 5.43. The molecule has 0 spiro atoms. The van der Waals surface area contributed by atoms with Crippen molar-refractivity contribution in [2.24, 2.45) is 0 Å². The van der Waals surface area contributed by atoms with Crippen molar-refractivity contribution in [3.63, 3.8) is 0 Å². The molecule has 33 heavy (non-hydrogen) atoms. The van der Waals surface area contributed by atoms with Gasteiger partial charge in [0, 0.05) is 58.0 Å². The third kappa shape index (κ3) is 4.88. The first-order chi connectivity index (χ1) is 15.7. The van der Waals surface area contributed by atoms with Gasteiger partial charge in [-0.3, -0.25) is 19.9 Å². The molecule has 4 rings (SSSR count). The second kappa shape index (κ2) is 9.37. The lowest BCUT2D eigenvalue weighted by molar-refractivity contribution is -0.133. The molecule has 7 heteroatoms. The fourth-order valence-electron chi connectivity index (χ4n) is 3.93. The third-order valence-corrected chi connectivity index (χ3v) is 7.20. The first-order valence-corrected chi connectivity index (χ1v) is 12.4. The molecule has 1 amide bonds. The highest BCUT2D eigenvalue weighted by Gasteiger charge is 2.33. The van der Waals surface area contributed by atoms with Crippen LogP contribution >= 0.6 is 22.9 Å². The Labute approximate surface area is 203 Å². The van der Waals surface area contributed by atoms with Crippen molar-refractivity contribution in [2.45, 2.75) is 39.2 Å². The van der Waals surface area contributed by atoms with Gasteiger partial charge in [0.15, 0.2) is 11.8 Å². The van der Waals surface area contributed by atoms with E-state index >= 15 is 0 Å². The van der Waals surface area contributed by atoms with Gasteiger partial charge in [0.1, 0.15) is 0 Å². The molecule has 0 bridgehead atoms. The maximum absolute atomic E-state index is 13.0. The molecule has 0 saturated carbocycles. The van der Waals surface area contributed by atoms with E-state index < -0.39 is 6.04 Å². The Bertz CT molecular complexity index is 1200. The number of thiophene rings is 1. The lowest BCUT2D eigenvalue weighted by Gasteiger charge is -2.31. The summed E-state index contributed by atoms with van der Waals surface area (Å²) in [6.45, 7) is 10.2. The number of halogens is 1. The van der Waals surface area contributed by atoms with Gasteiger partial charge in [-0.25, -0.2) is 0 Å². The second-order valence-corrected chi connectivity index (χ2v) is 10.6. The highest BCUT2D eigenvalue weighted by Crippen LogP contribution is 2.37. The van der Waals surface area contributed by atoms with Crippen molar-refractivity contribution < 1.29 is 9.59 Å². The Morgan fingerprint density at radius 3 is 2.70 bits per heavy atom. The first kappa shape index (κ1) is 23.6. The Kier molecular flexibility index (Phi) is 6.71. The Hall–Kier alpha value is -2.54. The van der Waals surface area contributed by atoms with Crippen LogP contribution in [0.1, 0.15) is 43.7 Å². The summed E-state index contributed by atoms with van der Waals surface area (Å²) in [6, 6.07) is 10.7. The van der Waals surface area contributed by atoms with Crippen LogP contribution in [0.15, 0.2) is 48.0 Å². The normalized spacial score (nSPS) is 16.8. The van der Waals surface area contributed by atoms with Gasteiger partial charge in [-0.15, -0.1) is 11.3 Å². The van der Waals surface area contributed by atoms with Crippen LogP contribution in [0.25, 0.3) is 21.6 Å². The van der Waals surface area contributed by atoms with Crippen LogP contribution in [0.4, 0.5) is 0 Å². The van der Waals surface area contributed by atoms with Crippen molar-refractivity contribution >= 4 is 34.6 Å². The third-order valence-electron chi connectivity index (χ3n) is 5.91. The molecule has 0 radical (unpaired) electrons. The molecule has 3 heterocycles. The molecule has 5 nitrogen and oxygen atoms in total. The molecular weight excluding hydrogens is 454 g/mol. The van der Waals surface area contributed by atoms with E-state index in [9.17, 15) is 9.59 Å². The number of likely N-dealkylation sites (N-methyl/N-ethyl adjacent to an activating group) is 1. The quantitative estimate of drug-likeness (QED) is 0.390. The SMILES string of the molecule is CCN1CCNC(C(=O)c2ccc(-c3csc(-c4ccnc(C(C)(C)C)c4)c3)c(Cl)c2)C1=O. The van der Waals surface area contributed by atoms with Gasteiger partial charge >= 0.3 is 0 Å². The van der Waals surface area contributed by atoms with Crippen molar-refractivity contribution in [3.8, 4) is 21.6 Å². The highest BCUT2D eigenvalue weighted by molar-refractivity contribution is 7.14. The summed E-state index contributed by atoms with van der Waals surface area (Å²) in [5.74, 6) is -0.424. The highest BCUT2D eigenvalue weighted by atomic mass is 35.5. The Morgan fingerprint density at radius 1 is 1.21 bits per heavy atom. The molecule has 1 aromatic carbocycles. The van der Waals surface area contributed by atoms with E-state index in [1.807, 2.05) is 25.3 Å². The molecule has 1 aliphatic rings. The number of hydrogen-bond acceptors (Lipinski definition) is 5. The van der Waals surface area contributed by atoms with Gasteiger partial charge in [0.05, 0.1) is 0 Å². The van der Waals surface area contributed by atoms with E-state index in [-0.39, 0.29) is 17.1 Å². The topological polar surface area (TPSA) is 62.3 Å². The minimum atomic E-state index is -0.850. The van der Waals surface area contributed by atoms with Crippen LogP contribution in [0.2, 0.25) is 5.02 Å². The summed E-state index contributed by atoms with van der Waals surface area (Å²) in [6.07, 6.45) is 1.85. The molecule has 2 aromatic heterocycles. The number of aromatic nitrogens is 1. The Morgan fingerprint density at radius 2 is 2.00 bits per heavy atom. The maximum atomic E-state index is 13.0. The number of hydrogen-bond donors (Lipinski definition) is 1. The largest absolute Gasteiger partial charge is 0.340 e. The Balaban J connectivity index is 1.58. The minimum absolute atomic E-state index is 0.0233. The summed E-state index contributed by atoms with van der Waals surface area (Å²) in [5, 5.41) is 5.61. The molecule has 1 saturated heterocycles. The van der Waals surface area contributed by atoms with Crippen LogP contribution in [-0.2, 0) is 10.2 Å². The summed E-state index contributed by atoms with van der Waals surface area (Å²) >= 11 is 8.25. The van der Waals surface area contributed by atoms with Crippen molar-refractivity contribution in [2.75, 3.05) is 19.6 Å². The van der Waals surface area contributed by atoms with E-state index in [1.54, 1.807) is 28.4 Å². The molecule has 1 fully saturated rings. The summed E-state index contributed by atoms with van der Waals surface area (Å²) < 4.78 is 0. The van der Waals surface area contributed by atoms with Crippen LogP contribution < -0.4 is 5.32 Å². The van der Waals surface area contributed by atoms with Crippen LogP contribution in [-0.4, -0.2) is 47.3 Å². The number of nitrogens with one attached hydrogen (secondary N) is 1. The molecule has 0 aliphatic carbocycles. The van der Waals surface area contributed by atoms with E-state index in [0.717, 1.165) is 27.3 Å². The monoisotopic (exact) mass is 481 g/mol. The number of benzene rings is 1. The zero-order valence-corrected chi connectivity index (χ0v) is 20.9.